The fraction of sp³-hybridized carbons (Fsp3) is 0.714. The quantitative estimate of drug-likeness (QED) is 0.173. The average molecular weight is 661 g/mol. The van der Waals surface area contributed by atoms with Crippen LogP contribution in [0, 0.1) is 41.4 Å². The van der Waals surface area contributed by atoms with Crippen molar-refractivity contribution in [2.24, 2.45) is 41.4 Å². The van der Waals surface area contributed by atoms with E-state index in [9.17, 15) is 37.5 Å². The van der Waals surface area contributed by atoms with Gasteiger partial charge < -0.3 is 10.2 Å². The molecule has 2 heterocycles. The van der Waals surface area contributed by atoms with E-state index in [0.717, 1.165) is 12.8 Å². The second-order valence-corrected chi connectivity index (χ2v) is 14.1. The number of amides is 2. The van der Waals surface area contributed by atoms with Crippen LogP contribution in [0.3, 0.4) is 0 Å². The molecule has 260 valence electrons. The largest absolute Gasteiger partial charge is 0.344 e. The third-order valence-electron chi connectivity index (χ3n) is 9.92. The van der Waals surface area contributed by atoms with Crippen molar-refractivity contribution in [2.75, 3.05) is 6.54 Å². The highest BCUT2D eigenvalue weighted by Crippen LogP contribution is 2.43. The van der Waals surface area contributed by atoms with E-state index in [1.807, 2.05) is 20.8 Å². The number of ketones is 4. The smallest absolute Gasteiger partial charge is 0.246 e. The van der Waals surface area contributed by atoms with Crippen molar-refractivity contribution >= 4 is 34.9 Å². The molecular weight excluding hydrogens is 610 g/mol. The number of rotatable bonds is 18. The molecule has 2 amide bonds. The normalized spacial score (nSPS) is 21.8. The molecule has 1 aromatic rings. The van der Waals surface area contributed by atoms with Gasteiger partial charge in [0.15, 0.2) is 17.3 Å². The molecule has 10 nitrogen and oxygen atoms in total. The lowest BCUT2D eigenvalue weighted by molar-refractivity contribution is -0.145. The Kier molecular flexibility index (Phi) is 13.8. The second kappa shape index (κ2) is 17.1. The fourth-order valence-electron chi connectivity index (χ4n) is 6.93. The fourth-order valence-corrected chi connectivity index (χ4v) is 6.93. The van der Waals surface area contributed by atoms with Gasteiger partial charge in [0.2, 0.25) is 24.0 Å². The van der Waals surface area contributed by atoms with Gasteiger partial charge in [0, 0.05) is 56.5 Å². The molecular formula is C35H50F2N4O6. The maximum absolute atomic E-state index is 14.2. The zero-order valence-corrected chi connectivity index (χ0v) is 28.4. The summed E-state index contributed by atoms with van der Waals surface area (Å²) in [5.41, 5.74) is 0.137. The summed E-state index contributed by atoms with van der Waals surface area (Å²) in [4.78, 5) is 89.7. The Hall–Kier alpha value is -3.44. The molecule has 0 radical (unpaired) electrons. The van der Waals surface area contributed by atoms with Gasteiger partial charge in [-0.3, -0.25) is 33.8 Å². The Balaban J connectivity index is 1.82. The number of alkyl halides is 2. The number of carbonyl (C=O) groups excluding carboxylic acids is 6. The molecule has 1 aliphatic carbocycles. The highest BCUT2D eigenvalue weighted by atomic mass is 19.3. The lowest BCUT2D eigenvalue weighted by Crippen LogP contribution is -2.56. The van der Waals surface area contributed by atoms with Gasteiger partial charge in [0.1, 0.15) is 11.7 Å². The number of hydrogen-bond donors (Lipinski definition) is 1. The minimum absolute atomic E-state index is 0.0284. The van der Waals surface area contributed by atoms with Crippen molar-refractivity contribution < 1.29 is 37.5 Å². The van der Waals surface area contributed by atoms with E-state index in [2.05, 4.69) is 15.3 Å². The summed E-state index contributed by atoms with van der Waals surface area (Å²) >= 11 is 0. The third-order valence-corrected chi connectivity index (χ3v) is 9.92. The van der Waals surface area contributed by atoms with Crippen LogP contribution in [-0.4, -0.2) is 74.9 Å². The zero-order chi connectivity index (χ0) is 35.0. The van der Waals surface area contributed by atoms with Crippen molar-refractivity contribution in [2.45, 2.75) is 111 Å². The number of aromatic nitrogens is 2. The van der Waals surface area contributed by atoms with Crippen LogP contribution in [0.25, 0.3) is 0 Å². The van der Waals surface area contributed by atoms with E-state index in [1.165, 1.54) is 23.5 Å². The van der Waals surface area contributed by atoms with Gasteiger partial charge in [-0.25, -0.2) is 13.8 Å². The molecule has 0 spiro atoms. The topological polar surface area (TPSA) is 143 Å². The maximum atomic E-state index is 14.2. The van der Waals surface area contributed by atoms with E-state index in [1.54, 1.807) is 20.8 Å². The number of likely N-dealkylation sites (tertiary alicyclic amines) is 1. The lowest BCUT2D eigenvalue weighted by Gasteiger charge is -2.33. The van der Waals surface area contributed by atoms with Gasteiger partial charge in [-0.1, -0.05) is 54.4 Å². The minimum Gasteiger partial charge on any atom is -0.344 e. The highest BCUT2D eigenvalue weighted by Gasteiger charge is 2.51. The summed E-state index contributed by atoms with van der Waals surface area (Å²) < 4.78 is 27.2. The zero-order valence-electron chi connectivity index (χ0n) is 28.4. The summed E-state index contributed by atoms with van der Waals surface area (Å²) in [5.74, 6) is -6.62. The molecule has 1 N–H and O–H groups in total. The molecule has 1 aromatic heterocycles. The second-order valence-electron chi connectivity index (χ2n) is 14.1. The monoisotopic (exact) mass is 660 g/mol. The number of hydrogen-bond acceptors (Lipinski definition) is 8. The van der Waals surface area contributed by atoms with Crippen LogP contribution < -0.4 is 5.32 Å². The van der Waals surface area contributed by atoms with Crippen molar-refractivity contribution in [1.82, 2.24) is 20.2 Å². The molecule has 2 fully saturated rings. The molecule has 2 aliphatic rings. The summed E-state index contributed by atoms with van der Waals surface area (Å²) in [7, 11) is 0. The highest BCUT2D eigenvalue weighted by molar-refractivity contribution is 6.38. The van der Waals surface area contributed by atoms with E-state index in [4.69, 9.17) is 0 Å². The lowest BCUT2D eigenvalue weighted by atomic mass is 9.83. The molecule has 47 heavy (non-hydrogen) atoms. The van der Waals surface area contributed by atoms with Crippen LogP contribution in [0.5, 0.6) is 0 Å². The number of carbonyl (C=O) groups is 6. The first kappa shape index (κ1) is 38.0. The first-order valence-corrected chi connectivity index (χ1v) is 16.9. The summed E-state index contributed by atoms with van der Waals surface area (Å²) in [6.07, 6.45) is 2.59. The minimum atomic E-state index is -2.89. The molecule has 1 saturated heterocycles. The average Bonchev–Trinajstić information content (AvgIpc) is 3.62. The summed E-state index contributed by atoms with van der Waals surface area (Å²) in [6, 6.07) is -1.95. The Morgan fingerprint density at radius 3 is 2.23 bits per heavy atom. The number of Topliss-reactive ketones (excluding diaryl/α,β-unsaturated/α-hetero) is 4. The first-order chi connectivity index (χ1) is 22.2. The molecule has 3 rings (SSSR count). The summed E-state index contributed by atoms with van der Waals surface area (Å²) in [5, 5.41) is 2.85. The van der Waals surface area contributed by atoms with Gasteiger partial charge in [-0.2, -0.15) is 0 Å². The molecule has 0 bridgehead atoms. The van der Waals surface area contributed by atoms with Gasteiger partial charge in [-0.15, -0.1) is 0 Å². The van der Waals surface area contributed by atoms with Crippen molar-refractivity contribution in [1.29, 1.82) is 0 Å². The molecule has 2 unspecified atom stereocenters. The van der Waals surface area contributed by atoms with Gasteiger partial charge in [-0.05, 0) is 42.4 Å². The molecule has 1 aliphatic heterocycles. The number of nitrogens with one attached hydrogen (secondary N) is 1. The van der Waals surface area contributed by atoms with Crippen molar-refractivity contribution in [3.05, 3.63) is 24.3 Å². The molecule has 1 saturated carbocycles. The predicted molar refractivity (Wildman–Crippen MR) is 170 cm³/mol. The Morgan fingerprint density at radius 1 is 0.957 bits per heavy atom. The number of halogens is 2. The van der Waals surface area contributed by atoms with Crippen LogP contribution in [-0.2, 0) is 24.0 Å². The predicted octanol–water partition coefficient (Wildman–Crippen LogP) is 4.89. The van der Waals surface area contributed by atoms with Gasteiger partial charge in [0.25, 0.3) is 0 Å². The maximum Gasteiger partial charge on any atom is 0.246 e. The third kappa shape index (κ3) is 9.79. The standard InChI is InChI=1S/C35H50F2N4O6/c1-7-21(6)13-29(44)33(45)23(15-30(36)37)14-28(43)32-24-10-8-9-22(24)18-41(32)35(47)31(20(4)5)40-34(46)25(19(2)3)16-27(42)26-17-38-11-12-39-26/h11-12,17,19-25,30-32H,7-10,13-16,18H2,1-6H3,(H,40,46)/t21-,22?,23?,24-,25+,31-,32-/m0/s1. The van der Waals surface area contributed by atoms with Crippen molar-refractivity contribution in [3.8, 4) is 0 Å². The van der Waals surface area contributed by atoms with Gasteiger partial charge >= 0.3 is 0 Å². The summed E-state index contributed by atoms with van der Waals surface area (Å²) in [6.45, 7) is 11.1. The van der Waals surface area contributed by atoms with Crippen LogP contribution in [0.15, 0.2) is 18.6 Å². The van der Waals surface area contributed by atoms with E-state index >= 15 is 0 Å². The van der Waals surface area contributed by atoms with Gasteiger partial charge in [0.05, 0.1) is 12.2 Å². The van der Waals surface area contributed by atoms with Crippen molar-refractivity contribution in [3.63, 3.8) is 0 Å². The van der Waals surface area contributed by atoms with Crippen LogP contribution in [0.4, 0.5) is 8.78 Å². The molecule has 0 aromatic carbocycles. The Bertz CT molecular complexity index is 1290. The number of fused-ring (bicyclic) bond motifs is 1. The van der Waals surface area contributed by atoms with E-state index < -0.39 is 72.4 Å². The number of nitrogens with zero attached hydrogens (tertiary/aromatic N) is 3. The Labute approximate surface area is 276 Å². The SMILES string of the molecule is CC[C@H](C)CC(=O)C(=O)C(CC(=O)[C@@H]1[C@H]2CCCC2CN1C(=O)[C@@H](NC(=O)[C@H](CC(=O)c1cnccn1)C(C)C)C(C)C)CC(F)F. The van der Waals surface area contributed by atoms with E-state index in [-0.39, 0.29) is 60.5 Å². The molecule has 7 atom stereocenters. The Morgan fingerprint density at radius 2 is 1.66 bits per heavy atom. The molecule has 12 heteroatoms. The van der Waals surface area contributed by atoms with Crippen LogP contribution >= 0.6 is 0 Å². The van der Waals surface area contributed by atoms with E-state index in [0.29, 0.717) is 12.8 Å². The van der Waals surface area contributed by atoms with Crippen LogP contribution in [0.2, 0.25) is 0 Å². The first-order valence-electron chi connectivity index (χ1n) is 16.9. The van der Waals surface area contributed by atoms with Crippen LogP contribution in [0.1, 0.15) is 103 Å².